The van der Waals surface area contributed by atoms with E-state index in [-0.39, 0.29) is 11.9 Å². The average molecular weight is 349 g/mol. The van der Waals surface area contributed by atoms with Crippen molar-refractivity contribution < 1.29 is 4.39 Å². The van der Waals surface area contributed by atoms with E-state index in [1.54, 1.807) is 16.7 Å². The van der Waals surface area contributed by atoms with Gasteiger partial charge in [0, 0.05) is 53.9 Å². The topological polar surface area (TPSA) is 55.1 Å². The molecule has 6 heteroatoms. The Morgan fingerprint density at radius 2 is 2.08 bits per heavy atom. The lowest BCUT2D eigenvalue weighted by Gasteiger charge is -2.12. The second-order valence-electron chi connectivity index (χ2n) is 7.28. The molecule has 0 amide bonds. The van der Waals surface area contributed by atoms with Crippen molar-refractivity contribution in [1.82, 2.24) is 24.7 Å². The number of fused-ring (bicyclic) bond motifs is 2. The quantitative estimate of drug-likeness (QED) is 0.771. The second-order valence-corrected chi connectivity index (χ2v) is 7.28. The second kappa shape index (κ2) is 5.71. The summed E-state index contributed by atoms with van der Waals surface area (Å²) in [4.78, 5) is 13.6. The van der Waals surface area contributed by atoms with Crippen molar-refractivity contribution in [3.05, 3.63) is 64.9 Å². The SMILES string of the molecule is Cc1cnc2c(F)cc(C3=C[C@@H](C)NCc4nc(C5CC5)ncc43)cn12. The lowest BCUT2D eigenvalue weighted by atomic mass is 9.98. The van der Waals surface area contributed by atoms with Gasteiger partial charge in [-0.25, -0.2) is 19.3 Å². The van der Waals surface area contributed by atoms with Crippen LogP contribution in [-0.4, -0.2) is 25.4 Å². The number of nitrogens with one attached hydrogen (secondary N) is 1. The van der Waals surface area contributed by atoms with Gasteiger partial charge in [-0.05, 0) is 38.3 Å². The molecule has 1 aliphatic carbocycles. The number of imidazole rings is 1. The summed E-state index contributed by atoms with van der Waals surface area (Å²) in [6.45, 7) is 4.71. The fourth-order valence-electron chi connectivity index (χ4n) is 3.55. The molecule has 0 radical (unpaired) electrons. The van der Waals surface area contributed by atoms with Crippen LogP contribution in [0.5, 0.6) is 0 Å². The van der Waals surface area contributed by atoms with Crippen LogP contribution in [0.3, 0.4) is 0 Å². The van der Waals surface area contributed by atoms with Gasteiger partial charge in [0.25, 0.3) is 0 Å². The molecule has 3 aromatic heterocycles. The van der Waals surface area contributed by atoms with Gasteiger partial charge in [-0.15, -0.1) is 0 Å². The summed E-state index contributed by atoms with van der Waals surface area (Å²) >= 11 is 0. The molecule has 0 unspecified atom stereocenters. The van der Waals surface area contributed by atoms with Gasteiger partial charge in [-0.3, -0.25) is 0 Å². The summed E-state index contributed by atoms with van der Waals surface area (Å²) in [5.74, 6) is 1.13. The molecular weight excluding hydrogens is 329 g/mol. The van der Waals surface area contributed by atoms with E-state index in [0.717, 1.165) is 33.9 Å². The lowest BCUT2D eigenvalue weighted by molar-refractivity contribution is 0.625. The minimum atomic E-state index is -0.321. The number of halogens is 1. The Labute approximate surface area is 151 Å². The number of rotatable bonds is 2. The van der Waals surface area contributed by atoms with Gasteiger partial charge < -0.3 is 9.72 Å². The Kier molecular flexibility index (Phi) is 3.43. The van der Waals surface area contributed by atoms with Gasteiger partial charge in [0.15, 0.2) is 11.5 Å². The summed E-state index contributed by atoms with van der Waals surface area (Å²) < 4.78 is 16.4. The fraction of sp³-hybridized carbons (Fsp3) is 0.350. The van der Waals surface area contributed by atoms with Gasteiger partial charge in [-0.2, -0.15) is 0 Å². The minimum Gasteiger partial charge on any atom is -0.305 e. The third kappa shape index (κ3) is 2.52. The largest absolute Gasteiger partial charge is 0.305 e. The van der Waals surface area contributed by atoms with E-state index in [0.29, 0.717) is 18.1 Å². The minimum absolute atomic E-state index is 0.159. The normalized spacial score (nSPS) is 20.0. The van der Waals surface area contributed by atoms with Gasteiger partial charge in [0.2, 0.25) is 0 Å². The van der Waals surface area contributed by atoms with Gasteiger partial charge in [0.1, 0.15) is 5.82 Å². The van der Waals surface area contributed by atoms with Crippen LogP contribution < -0.4 is 5.32 Å². The van der Waals surface area contributed by atoms with E-state index in [2.05, 4.69) is 28.3 Å². The van der Waals surface area contributed by atoms with Crippen LogP contribution in [0.2, 0.25) is 0 Å². The van der Waals surface area contributed by atoms with Crippen LogP contribution in [0.25, 0.3) is 11.2 Å². The zero-order valence-electron chi connectivity index (χ0n) is 14.8. The van der Waals surface area contributed by atoms with Crippen LogP contribution in [0.4, 0.5) is 4.39 Å². The van der Waals surface area contributed by atoms with Crippen molar-refractivity contribution in [2.24, 2.45) is 0 Å². The number of aromatic nitrogens is 4. The summed E-state index contributed by atoms with van der Waals surface area (Å²) in [5, 5.41) is 3.47. The fourth-order valence-corrected chi connectivity index (χ4v) is 3.55. The maximum Gasteiger partial charge on any atom is 0.173 e. The van der Waals surface area contributed by atoms with E-state index >= 15 is 0 Å². The number of pyridine rings is 1. The molecule has 0 aromatic carbocycles. The zero-order chi connectivity index (χ0) is 17.8. The highest BCUT2D eigenvalue weighted by molar-refractivity contribution is 5.81. The molecule has 0 spiro atoms. The molecule has 0 bridgehead atoms. The van der Waals surface area contributed by atoms with Crippen LogP contribution in [0, 0.1) is 12.7 Å². The summed E-state index contributed by atoms with van der Waals surface area (Å²) in [7, 11) is 0. The monoisotopic (exact) mass is 349 g/mol. The highest BCUT2D eigenvalue weighted by atomic mass is 19.1. The van der Waals surface area contributed by atoms with E-state index in [9.17, 15) is 4.39 Å². The Balaban J connectivity index is 1.69. The molecule has 26 heavy (non-hydrogen) atoms. The predicted octanol–water partition coefficient (Wildman–Crippen LogP) is 3.37. The standard InChI is InChI=1S/C20H20FN5/c1-11-5-15(14-6-17(21)20-24-7-12(2)26(20)10-14)16-8-23-19(13-3-4-13)25-18(16)9-22-11/h5-8,10-11,13,22H,3-4,9H2,1-2H3/t11-/m1/s1. The van der Waals surface area contributed by atoms with Crippen LogP contribution in [-0.2, 0) is 6.54 Å². The van der Waals surface area contributed by atoms with E-state index in [4.69, 9.17) is 4.98 Å². The summed E-state index contributed by atoms with van der Waals surface area (Å²) in [6.07, 6.45) is 10.0. The van der Waals surface area contributed by atoms with Gasteiger partial charge in [0.05, 0.1) is 5.69 Å². The first-order chi connectivity index (χ1) is 12.6. The van der Waals surface area contributed by atoms with Crippen LogP contribution >= 0.6 is 0 Å². The average Bonchev–Trinajstić information content (AvgIpc) is 3.43. The van der Waals surface area contributed by atoms with E-state index in [1.165, 1.54) is 12.8 Å². The molecule has 2 aliphatic rings. The Hall–Kier alpha value is -2.60. The molecule has 1 N–H and O–H groups in total. The van der Waals surface area contributed by atoms with Crippen molar-refractivity contribution in [3.63, 3.8) is 0 Å². The van der Waals surface area contributed by atoms with Crippen molar-refractivity contribution >= 4 is 11.2 Å². The van der Waals surface area contributed by atoms with E-state index in [1.807, 2.05) is 19.3 Å². The predicted molar refractivity (Wildman–Crippen MR) is 97.3 cm³/mol. The number of nitrogens with zero attached hydrogens (tertiary/aromatic N) is 4. The first-order valence-electron chi connectivity index (χ1n) is 9.05. The maximum absolute atomic E-state index is 14.6. The smallest absolute Gasteiger partial charge is 0.173 e. The third-order valence-electron chi connectivity index (χ3n) is 5.18. The highest BCUT2D eigenvalue weighted by Crippen LogP contribution is 2.39. The lowest BCUT2D eigenvalue weighted by Crippen LogP contribution is -2.22. The molecule has 1 saturated carbocycles. The summed E-state index contributed by atoms with van der Waals surface area (Å²) in [6, 6.07) is 1.72. The van der Waals surface area contributed by atoms with Gasteiger partial charge >= 0.3 is 0 Å². The highest BCUT2D eigenvalue weighted by Gasteiger charge is 2.28. The van der Waals surface area contributed by atoms with E-state index < -0.39 is 0 Å². The zero-order valence-corrected chi connectivity index (χ0v) is 14.8. The number of hydrogen-bond donors (Lipinski definition) is 1. The molecule has 1 aliphatic heterocycles. The third-order valence-corrected chi connectivity index (χ3v) is 5.18. The summed E-state index contributed by atoms with van der Waals surface area (Å²) in [5.41, 5.74) is 5.00. The van der Waals surface area contributed by atoms with Crippen molar-refractivity contribution in [3.8, 4) is 0 Å². The first kappa shape index (κ1) is 15.6. The molecule has 5 nitrogen and oxygen atoms in total. The first-order valence-corrected chi connectivity index (χ1v) is 9.05. The van der Waals surface area contributed by atoms with Crippen LogP contribution in [0.15, 0.2) is 30.7 Å². The molecule has 5 rings (SSSR count). The molecule has 1 fully saturated rings. The van der Waals surface area contributed by atoms with Crippen molar-refractivity contribution in [1.29, 1.82) is 0 Å². The number of hydrogen-bond acceptors (Lipinski definition) is 4. The molecule has 1 atom stereocenters. The molecule has 132 valence electrons. The molecule has 4 heterocycles. The Morgan fingerprint density at radius 1 is 1.23 bits per heavy atom. The van der Waals surface area contributed by atoms with Crippen molar-refractivity contribution in [2.45, 2.75) is 45.2 Å². The maximum atomic E-state index is 14.6. The molecule has 3 aromatic rings. The molecular formula is C20H20FN5. The van der Waals surface area contributed by atoms with Crippen LogP contribution in [0.1, 0.15) is 54.0 Å². The molecule has 0 saturated heterocycles. The Morgan fingerprint density at radius 3 is 2.88 bits per heavy atom. The number of aryl methyl sites for hydroxylation is 1. The van der Waals surface area contributed by atoms with Gasteiger partial charge in [-0.1, -0.05) is 6.08 Å². The Bertz CT molecular complexity index is 1050. The van der Waals surface area contributed by atoms with Crippen molar-refractivity contribution in [2.75, 3.05) is 0 Å².